The van der Waals surface area contributed by atoms with E-state index in [1.807, 2.05) is 24.0 Å². The minimum absolute atomic E-state index is 0.169. The summed E-state index contributed by atoms with van der Waals surface area (Å²) in [5.41, 5.74) is 3.30. The van der Waals surface area contributed by atoms with Crippen LogP contribution in [0, 0.1) is 18.8 Å². The van der Waals surface area contributed by atoms with E-state index in [0.717, 1.165) is 55.7 Å². The largest absolute Gasteiger partial charge is 0.342 e. The summed E-state index contributed by atoms with van der Waals surface area (Å²) in [4.78, 5) is 43.8. The lowest BCUT2D eigenvalue weighted by molar-refractivity contribution is -0.140. The molecule has 7 heteroatoms. The summed E-state index contributed by atoms with van der Waals surface area (Å²) in [6.45, 7) is 10.8. The lowest BCUT2D eigenvalue weighted by atomic mass is 9.90. The topological polar surface area (TPSA) is 60.9 Å². The molecule has 0 N–H and O–H groups in total. The Labute approximate surface area is 215 Å². The van der Waals surface area contributed by atoms with Crippen LogP contribution < -0.4 is 0 Å². The number of piperazine rings is 1. The first-order chi connectivity index (χ1) is 16.7. The Balaban J connectivity index is 1.32. The smallest absolute Gasteiger partial charge is 0.226 e. The molecule has 1 aromatic rings. The van der Waals surface area contributed by atoms with E-state index >= 15 is 0 Å². The van der Waals surface area contributed by atoms with Gasteiger partial charge in [0.2, 0.25) is 11.8 Å². The summed E-state index contributed by atoms with van der Waals surface area (Å²) in [5.74, 6) is 1.24. The van der Waals surface area contributed by atoms with Gasteiger partial charge in [-0.1, -0.05) is 31.4 Å². The van der Waals surface area contributed by atoms with Crippen molar-refractivity contribution >= 4 is 29.2 Å². The van der Waals surface area contributed by atoms with Crippen molar-refractivity contribution in [3.05, 3.63) is 33.8 Å². The van der Waals surface area contributed by atoms with E-state index in [1.54, 1.807) is 0 Å². The first-order valence-electron chi connectivity index (χ1n) is 13.3. The van der Waals surface area contributed by atoms with Gasteiger partial charge in [-0.05, 0) is 55.5 Å². The second-order valence-corrected chi connectivity index (χ2v) is 11.3. The molecule has 3 aliphatic rings. The lowest BCUT2D eigenvalue weighted by Gasteiger charge is -2.41. The van der Waals surface area contributed by atoms with Crippen molar-refractivity contribution in [2.75, 3.05) is 32.7 Å². The third-order valence-electron chi connectivity index (χ3n) is 8.20. The summed E-state index contributed by atoms with van der Waals surface area (Å²) in [7, 11) is 0. The van der Waals surface area contributed by atoms with Crippen molar-refractivity contribution in [1.82, 2.24) is 14.7 Å². The van der Waals surface area contributed by atoms with E-state index in [1.165, 1.54) is 12.8 Å². The highest BCUT2D eigenvalue weighted by molar-refractivity contribution is 6.30. The number of likely N-dealkylation sites (tertiary alicyclic amines) is 1. The van der Waals surface area contributed by atoms with Crippen LogP contribution in [0.1, 0.15) is 69.1 Å². The van der Waals surface area contributed by atoms with Gasteiger partial charge in [0.05, 0.1) is 0 Å². The van der Waals surface area contributed by atoms with Crippen LogP contribution in [0.15, 0.2) is 12.1 Å². The van der Waals surface area contributed by atoms with Gasteiger partial charge in [-0.3, -0.25) is 19.3 Å². The molecule has 35 heavy (non-hydrogen) atoms. The minimum atomic E-state index is 0.169. The predicted octanol–water partition coefficient (Wildman–Crippen LogP) is 4.24. The van der Waals surface area contributed by atoms with Crippen LogP contribution in [0.25, 0.3) is 0 Å². The Morgan fingerprint density at radius 2 is 1.71 bits per heavy atom. The summed E-state index contributed by atoms with van der Waals surface area (Å²) in [6.07, 6.45) is 5.88. The molecular weight excluding hydrogens is 462 g/mol. The molecule has 0 bridgehead atoms. The molecule has 2 amide bonds. The van der Waals surface area contributed by atoms with E-state index in [9.17, 15) is 14.4 Å². The van der Waals surface area contributed by atoms with Gasteiger partial charge in [-0.25, -0.2) is 0 Å². The first-order valence-corrected chi connectivity index (χ1v) is 13.7. The lowest BCUT2D eigenvalue weighted by Crippen LogP contribution is -2.54. The van der Waals surface area contributed by atoms with Crippen molar-refractivity contribution in [1.29, 1.82) is 0 Å². The predicted molar refractivity (Wildman–Crippen MR) is 138 cm³/mol. The van der Waals surface area contributed by atoms with E-state index in [4.69, 9.17) is 11.6 Å². The molecule has 6 nitrogen and oxygen atoms in total. The molecule has 1 aromatic carbocycles. The van der Waals surface area contributed by atoms with Crippen LogP contribution >= 0.6 is 11.6 Å². The molecule has 0 spiro atoms. The Bertz CT molecular complexity index is 953. The number of hydrogen-bond donors (Lipinski definition) is 0. The third-order valence-corrected chi connectivity index (χ3v) is 8.42. The normalized spacial score (nSPS) is 21.9. The highest BCUT2D eigenvalue weighted by Gasteiger charge is 2.34. The number of ketones is 1. The molecule has 3 fully saturated rings. The second-order valence-electron chi connectivity index (χ2n) is 10.9. The van der Waals surface area contributed by atoms with E-state index < -0.39 is 0 Å². The highest BCUT2D eigenvalue weighted by atomic mass is 35.5. The summed E-state index contributed by atoms with van der Waals surface area (Å²) in [6, 6.07) is 4.15. The van der Waals surface area contributed by atoms with Gasteiger partial charge in [0.25, 0.3) is 0 Å². The maximum Gasteiger partial charge on any atom is 0.226 e. The van der Waals surface area contributed by atoms with Crippen molar-refractivity contribution < 1.29 is 14.4 Å². The van der Waals surface area contributed by atoms with Crippen LogP contribution in [0.5, 0.6) is 0 Å². The average Bonchev–Trinajstić information content (AvgIpc) is 3.33. The SMILES string of the molecule is CCC(=O)N1CC(CC(=O)Cc2cc(Cl)cc(CN3CCN(C(=O)C4CCCC4)[C@@H](C)C3)c2C)C1. The Hall–Kier alpha value is -1.92. The number of nitrogens with zero attached hydrogens (tertiary/aromatic N) is 3. The number of rotatable bonds is 8. The van der Waals surface area contributed by atoms with Crippen LogP contribution in [-0.4, -0.2) is 71.1 Å². The van der Waals surface area contributed by atoms with Crippen LogP contribution in [0.4, 0.5) is 0 Å². The van der Waals surface area contributed by atoms with Gasteiger partial charge in [-0.2, -0.15) is 0 Å². The number of carbonyl (C=O) groups excluding carboxylic acids is 3. The third kappa shape index (κ3) is 6.26. The van der Waals surface area contributed by atoms with E-state index in [-0.39, 0.29) is 29.6 Å². The highest BCUT2D eigenvalue weighted by Crippen LogP contribution is 2.29. The second kappa shape index (κ2) is 11.4. The number of halogens is 1. The molecule has 1 saturated carbocycles. The number of hydrogen-bond acceptors (Lipinski definition) is 4. The first kappa shape index (κ1) is 26.2. The molecule has 2 heterocycles. The van der Waals surface area contributed by atoms with Crippen LogP contribution in [0.2, 0.25) is 5.02 Å². The number of carbonyl (C=O) groups is 3. The number of benzene rings is 1. The fourth-order valence-corrected chi connectivity index (χ4v) is 6.29. The maximum atomic E-state index is 12.9. The van der Waals surface area contributed by atoms with E-state index in [0.29, 0.717) is 43.3 Å². The maximum absolute atomic E-state index is 12.9. The van der Waals surface area contributed by atoms with Crippen molar-refractivity contribution in [2.24, 2.45) is 11.8 Å². The Morgan fingerprint density at radius 3 is 2.37 bits per heavy atom. The molecule has 4 rings (SSSR count). The summed E-state index contributed by atoms with van der Waals surface area (Å²) in [5, 5.41) is 0.667. The van der Waals surface area contributed by atoms with Gasteiger partial charge in [-0.15, -0.1) is 0 Å². The standard InChI is InChI=1S/C28H40ClN3O3/c1-4-27(34)31-16-21(17-31)11-26(33)14-23-12-25(29)13-24(20(23)3)18-30-9-10-32(19(2)15-30)28(35)22-7-5-6-8-22/h12-13,19,21-22H,4-11,14-18H2,1-3H3/t19-/m0/s1. The van der Waals surface area contributed by atoms with Gasteiger partial charge < -0.3 is 9.80 Å². The van der Waals surface area contributed by atoms with E-state index in [2.05, 4.69) is 23.6 Å². The van der Waals surface area contributed by atoms with Crippen molar-refractivity contribution in [2.45, 2.75) is 78.3 Å². The molecule has 2 saturated heterocycles. The molecule has 192 valence electrons. The number of Topliss-reactive ketones (excluding diaryl/α,β-unsaturated/α-hetero) is 1. The molecule has 1 aliphatic carbocycles. The molecule has 0 radical (unpaired) electrons. The van der Waals surface area contributed by atoms with Crippen molar-refractivity contribution in [3.8, 4) is 0 Å². The van der Waals surface area contributed by atoms with Crippen LogP contribution in [-0.2, 0) is 27.3 Å². The molecular formula is C28H40ClN3O3. The van der Waals surface area contributed by atoms with Gasteiger partial charge in [0.1, 0.15) is 5.78 Å². The minimum Gasteiger partial charge on any atom is -0.342 e. The number of amides is 2. The van der Waals surface area contributed by atoms with Crippen molar-refractivity contribution in [3.63, 3.8) is 0 Å². The Kier molecular flexibility index (Phi) is 8.54. The zero-order valence-corrected chi connectivity index (χ0v) is 22.3. The summed E-state index contributed by atoms with van der Waals surface area (Å²) < 4.78 is 0. The fraction of sp³-hybridized carbons (Fsp3) is 0.679. The van der Waals surface area contributed by atoms with Gasteiger partial charge in [0, 0.05) is 81.4 Å². The monoisotopic (exact) mass is 501 g/mol. The molecule has 0 unspecified atom stereocenters. The average molecular weight is 502 g/mol. The Morgan fingerprint density at radius 1 is 1.03 bits per heavy atom. The van der Waals surface area contributed by atoms with Crippen LogP contribution in [0.3, 0.4) is 0 Å². The molecule has 2 aliphatic heterocycles. The zero-order chi connectivity index (χ0) is 25.1. The zero-order valence-electron chi connectivity index (χ0n) is 21.5. The van der Waals surface area contributed by atoms with Gasteiger partial charge >= 0.3 is 0 Å². The summed E-state index contributed by atoms with van der Waals surface area (Å²) >= 11 is 6.48. The molecule has 0 aromatic heterocycles. The van der Waals surface area contributed by atoms with Gasteiger partial charge in [0.15, 0.2) is 0 Å². The molecule has 1 atom stereocenters. The fourth-order valence-electron chi connectivity index (χ4n) is 6.03. The quantitative estimate of drug-likeness (QED) is 0.534.